The zero-order valence-electron chi connectivity index (χ0n) is 18.3. The van der Waals surface area contributed by atoms with Crippen molar-refractivity contribution in [2.24, 2.45) is 0 Å². The van der Waals surface area contributed by atoms with E-state index in [1.54, 1.807) is 6.20 Å². The smallest absolute Gasteiger partial charge is 0.138 e. The van der Waals surface area contributed by atoms with Crippen LogP contribution in [0.2, 0.25) is 0 Å². The van der Waals surface area contributed by atoms with Gasteiger partial charge in [0.25, 0.3) is 0 Å². The van der Waals surface area contributed by atoms with E-state index in [2.05, 4.69) is 63.3 Å². The summed E-state index contributed by atoms with van der Waals surface area (Å²) >= 11 is 1.89. The summed E-state index contributed by atoms with van der Waals surface area (Å²) in [5.74, 6) is 2.00. The van der Waals surface area contributed by atoms with Crippen molar-refractivity contribution in [2.75, 3.05) is 22.1 Å². The molecule has 2 aromatic carbocycles. The Morgan fingerprint density at radius 2 is 1.91 bits per heavy atom. The molecule has 0 fully saturated rings. The topological polar surface area (TPSA) is 56.1 Å². The minimum Gasteiger partial charge on any atom is -0.336 e. The standard InChI is InChI=1S/C27H23N5S/c1-20-16-23(11-10-21(20)17-28)32(24-7-5-12-29-18-24)19-22-6-4-13-30-27(22)31-14-15-33-26-9-3-2-8-25(26)31/h2-13,16,18H,14-15,19H2,1H3. The molecule has 0 atom stereocenters. The van der Waals surface area contributed by atoms with Gasteiger partial charge in [-0.05, 0) is 61.0 Å². The molecule has 0 spiro atoms. The summed E-state index contributed by atoms with van der Waals surface area (Å²) in [6.07, 6.45) is 5.52. The van der Waals surface area contributed by atoms with E-state index >= 15 is 0 Å². The zero-order valence-corrected chi connectivity index (χ0v) is 19.2. The van der Waals surface area contributed by atoms with Gasteiger partial charge in [-0.25, -0.2) is 4.98 Å². The Kier molecular flexibility index (Phi) is 5.97. The van der Waals surface area contributed by atoms with Crippen LogP contribution in [0, 0.1) is 18.3 Å². The second kappa shape index (κ2) is 9.35. The van der Waals surface area contributed by atoms with Crippen LogP contribution >= 0.6 is 11.8 Å². The van der Waals surface area contributed by atoms with Crippen LogP contribution in [0.1, 0.15) is 16.7 Å². The number of thioether (sulfide) groups is 1. The number of benzene rings is 2. The van der Waals surface area contributed by atoms with Crippen LogP contribution < -0.4 is 9.80 Å². The summed E-state index contributed by atoms with van der Waals surface area (Å²) in [6.45, 7) is 3.52. The van der Waals surface area contributed by atoms with Gasteiger partial charge in [0.15, 0.2) is 0 Å². The molecule has 33 heavy (non-hydrogen) atoms. The molecule has 0 unspecified atom stereocenters. The molecule has 0 saturated carbocycles. The fourth-order valence-electron chi connectivity index (χ4n) is 4.14. The van der Waals surface area contributed by atoms with Crippen LogP contribution in [0.3, 0.4) is 0 Å². The van der Waals surface area contributed by atoms with Crippen LogP contribution in [0.25, 0.3) is 0 Å². The predicted octanol–water partition coefficient (Wildman–Crippen LogP) is 6.24. The lowest BCUT2D eigenvalue weighted by Crippen LogP contribution is -2.27. The molecule has 4 aromatic rings. The first-order valence-electron chi connectivity index (χ1n) is 10.9. The van der Waals surface area contributed by atoms with E-state index in [0.29, 0.717) is 12.1 Å². The van der Waals surface area contributed by atoms with Crippen molar-refractivity contribution in [2.45, 2.75) is 18.4 Å². The average Bonchev–Trinajstić information content (AvgIpc) is 2.88. The minimum atomic E-state index is 0.631. The maximum absolute atomic E-state index is 9.37. The van der Waals surface area contributed by atoms with Crippen molar-refractivity contribution in [3.05, 3.63) is 102 Å². The number of nitrogens with zero attached hydrogens (tertiary/aromatic N) is 5. The third-order valence-corrected chi connectivity index (χ3v) is 6.82. The van der Waals surface area contributed by atoms with Gasteiger partial charge in [-0.3, -0.25) is 4.98 Å². The van der Waals surface area contributed by atoms with Crippen molar-refractivity contribution < 1.29 is 0 Å². The average molecular weight is 450 g/mol. The highest BCUT2D eigenvalue weighted by atomic mass is 32.2. The van der Waals surface area contributed by atoms with E-state index < -0.39 is 0 Å². The highest BCUT2D eigenvalue weighted by Crippen LogP contribution is 2.40. The lowest BCUT2D eigenvalue weighted by atomic mass is 10.1. The van der Waals surface area contributed by atoms with Gasteiger partial charge >= 0.3 is 0 Å². The van der Waals surface area contributed by atoms with Gasteiger partial charge in [0.05, 0.1) is 35.7 Å². The molecule has 0 saturated heterocycles. The van der Waals surface area contributed by atoms with E-state index in [-0.39, 0.29) is 0 Å². The summed E-state index contributed by atoms with van der Waals surface area (Å²) in [6, 6.07) is 24.9. The Balaban J connectivity index is 1.57. The van der Waals surface area contributed by atoms with Gasteiger partial charge in [-0.2, -0.15) is 5.26 Å². The van der Waals surface area contributed by atoms with Gasteiger partial charge in [0.1, 0.15) is 5.82 Å². The first kappa shape index (κ1) is 21.0. The number of aromatic nitrogens is 2. The number of hydrogen-bond acceptors (Lipinski definition) is 6. The number of rotatable bonds is 5. The van der Waals surface area contributed by atoms with Gasteiger partial charge in [0.2, 0.25) is 0 Å². The molecule has 1 aliphatic rings. The third-order valence-electron chi connectivity index (χ3n) is 5.78. The second-order valence-electron chi connectivity index (χ2n) is 7.86. The fraction of sp³-hybridized carbons (Fsp3) is 0.148. The third kappa shape index (κ3) is 4.28. The summed E-state index contributed by atoms with van der Waals surface area (Å²) in [4.78, 5) is 15.0. The Bertz CT molecular complexity index is 1320. The molecule has 3 heterocycles. The predicted molar refractivity (Wildman–Crippen MR) is 134 cm³/mol. The molecule has 5 rings (SSSR count). The van der Waals surface area contributed by atoms with Gasteiger partial charge in [-0.15, -0.1) is 11.8 Å². The molecule has 0 amide bonds. The number of para-hydroxylation sites is 1. The highest BCUT2D eigenvalue weighted by Gasteiger charge is 2.23. The lowest BCUT2D eigenvalue weighted by Gasteiger charge is -2.33. The van der Waals surface area contributed by atoms with Crippen molar-refractivity contribution in [1.82, 2.24) is 9.97 Å². The Morgan fingerprint density at radius 3 is 2.73 bits per heavy atom. The van der Waals surface area contributed by atoms with Crippen molar-refractivity contribution in [1.29, 1.82) is 5.26 Å². The quantitative estimate of drug-likeness (QED) is 0.359. The molecule has 1 aliphatic heterocycles. The highest BCUT2D eigenvalue weighted by molar-refractivity contribution is 7.99. The number of aryl methyl sites for hydroxylation is 1. The fourth-order valence-corrected chi connectivity index (χ4v) is 5.14. The van der Waals surface area contributed by atoms with E-state index in [9.17, 15) is 5.26 Å². The second-order valence-corrected chi connectivity index (χ2v) is 9.00. The molecule has 2 aromatic heterocycles. The lowest BCUT2D eigenvalue weighted by molar-refractivity contribution is 0.909. The van der Waals surface area contributed by atoms with E-state index in [1.165, 1.54) is 10.6 Å². The summed E-state index contributed by atoms with van der Waals surface area (Å²) in [5, 5.41) is 9.37. The molecule has 6 heteroatoms. The van der Waals surface area contributed by atoms with Crippen LogP contribution in [-0.4, -0.2) is 22.3 Å². The number of hydrogen-bond donors (Lipinski definition) is 0. The van der Waals surface area contributed by atoms with Gasteiger partial charge < -0.3 is 9.80 Å². The Hall–Kier alpha value is -3.82. The molecule has 162 valence electrons. The van der Waals surface area contributed by atoms with Crippen LogP contribution in [0.4, 0.5) is 22.9 Å². The number of anilines is 4. The minimum absolute atomic E-state index is 0.631. The Morgan fingerprint density at radius 1 is 1.03 bits per heavy atom. The summed E-state index contributed by atoms with van der Waals surface area (Å²) < 4.78 is 0. The molecular formula is C27H23N5S. The van der Waals surface area contributed by atoms with Crippen molar-refractivity contribution in [3.8, 4) is 6.07 Å². The monoisotopic (exact) mass is 449 g/mol. The first-order valence-corrected chi connectivity index (χ1v) is 11.8. The van der Waals surface area contributed by atoms with Gasteiger partial charge in [0, 0.05) is 40.8 Å². The molecule has 5 nitrogen and oxygen atoms in total. The molecular weight excluding hydrogens is 426 g/mol. The maximum Gasteiger partial charge on any atom is 0.138 e. The van der Waals surface area contributed by atoms with Crippen LogP contribution in [0.15, 0.2) is 90.2 Å². The molecule has 0 aliphatic carbocycles. The molecule has 0 bridgehead atoms. The number of pyridine rings is 2. The van der Waals surface area contributed by atoms with Crippen LogP contribution in [0.5, 0.6) is 0 Å². The Labute approximate surface area is 198 Å². The van der Waals surface area contributed by atoms with Gasteiger partial charge in [-0.1, -0.05) is 18.2 Å². The summed E-state index contributed by atoms with van der Waals surface area (Å²) in [5.41, 5.74) is 5.99. The van der Waals surface area contributed by atoms with E-state index in [4.69, 9.17) is 4.98 Å². The largest absolute Gasteiger partial charge is 0.336 e. The van der Waals surface area contributed by atoms with E-state index in [0.717, 1.165) is 40.6 Å². The normalized spacial score (nSPS) is 12.7. The van der Waals surface area contributed by atoms with Crippen molar-refractivity contribution in [3.63, 3.8) is 0 Å². The number of fused-ring (bicyclic) bond motifs is 1. The van der Waals surface area contributed by atoms with E-state index in [1.807, 2.05) is 55.3 Å². The SMILES string of the molecule is Cc1cc(N(Cc2cccnc2N2CCSc3ccccc32)c2cccnc2)ccc1C#N. The molecule has 0 radical (unpaired) electrons. The first-order chi connectivity index (χ1) is 16.2. The summed E-state index contributed by atoms with van der Waals surface area (Å²) in [7, 11) is 0. The number of nitriles is 1. The maximum atomic E-state index is 9.37. The van der Waals surface area contributed by atoms with Crippen LogP contribution in [-0.2, 0) is 6.54 Å². The molecule has 0 N–H and O–H groups in total. The zero-order chi connectivity index (χ0) is 22.6. The van der Waals surface area contributed by atoms with Crippen molar-refractivity contribution >= 4 is 34.6 Å².